The van der Waals surface area contributed by atoms with Crippen LogP contribution in [0.5, 0.6) is 0 Å². The Morgan fingerprint density at radius 3 is 2.20 bits per heavy atom. The van der Waals surface area contributed by atoms with Crippen molar-refractivity contribution in [2.45, 2.75) is 97.3 Å². The van der Waals surface area contributed by atoms with Crippen molar-refractivity contribution in [2.24, 2.45) is 0 Å². The fourth-order valence-electron chi connectivity index (χ4n) is 3.20. The number of nitrogens with one attached hydrogen (secondary N) is 1. The first-order valence-electron chi connectivity index (χ1n) is 8.39. The fraction of sp³-hybridized carbons (Fsp3) is 0.833. The summed E-state index contributed by atoms with van der Waals surface area (Å²) < 4.78 is 0. The molecule has 2 nitrogen and oxygen atoms in total. The Labute approximate surface area is 125 Å². The molecule has 0 radical (unpaired) electrons. The molecular weight excluding hydrogens is 244 g/mol. The van der Waals surface area contributed by atoms with Crippen LogP contribution in [0.3, 0.4) is 0 Å². The minimum Gasteiger partial charge on any atom is -0.282 e. The first-order chi connectivity index (χ1) is 9.35. The van der Waals surface area contributed by atoms with Gasteiger partial charge in [-0.3, -0.25) is 5.10 Å². The van der Waals surface area contributed by atoms with Crippen molar-refractivity contribution in [1.82, 2.24) is 10.2 Å². The molecule has 0 fully saturated rings. The summed E-state index contributed by atoms with van der Waals surface area (Å²) in [6, 6.07) is 0. The standard InChI is InChI=1S/C18H34N2/c1-7-9-10-11-13-18(6,12-8-2)15-14-19-20-16(15)17(3,4)5/h14H,7-13H2,1-6H3,(H,19,20). The van der Waals surface area contributed by atoms with Crippen LogP contribution in [-0.4, -0.2) is 10.2 Å². The quantitative estimate of drug-likeness (QED) is 0.604. The normalized spacial score (nSPS) is 15.3. The number of unbranched alkanes of at least 4 members (excludes halogenated alkanes) is 3. The zero-order chi connectivity index (χ0) is 15.2. The lowest BCUT2D eigenvalue weighted by Crippen LogP contribution is -2.26. The van der Waals surface area contributed by atoms with Crippen LogP contribution in [-0.2, 0) is 10.8 Å². The van der Waals surface area contributed by atoms with Crippen LogP contribution >= 0.6 is 0 Å². The highest BCUT2D eigenvalue weighted by Crippen LogP contribution is 2.39. The molecule has 1 rings (SSSR count). The summed E-state index contributed by atoms with van der Waals surface area (Å²) in [4.78, 5) is 0. The molecule has 2 heteroatoms. The second-order valence-corrected chi connectivity index (χ2v) is 7.53. The summed E-state index contributed by atoms with van der Waals surface area (Å²) in [5.74, 6) is 0. The van der Waals surface area contributed by atoms with E-state index in [4.69, 9.17) is 0 Å². The zero-order valence-electron chi connectivity index (χ0n) is 14.5. The average Bonchev–Trinajstić information content (AvgIpc) is 2.85. The summed E-state index contributed by atoms with van der Waals surface area (Å²) in [5, 5.41) is 7.62. The molecule has 0 aliphatic carbocycles. The molecule has 0 saturated carbocycles. The van der Waals surface area contributed by atoms with Gasteiger partial charge in [-0.1, -0.05) is 73.6 Å². The van der Waals surface area contributed by atoms with Crippen molar-refractivity contribution in [3.63, 3.8) is 0 Å². The topological polar surface area (TPSA) is 28.7 Å². The Hall–Kier alpha value is -0.790. The molecule has 0 spiro atoms. The van der Waals surface area contributed by atoms with Gasteiger partial charge in [0.2, 0.25) is 0 Å². The van der Waals surface area contributed by atoms with Gasteiger partial charge in [-0.25, -0.2) is 0 Å². The van der Waals surface area contributed by atoms with E-state index in [0.717, 1.165) is 0 Å². The van der Waals surface area contributed by atoms with Gasteiger partial charge in [0.25, 0.3) is 0 Å². The Bertz CT molecular complexity index is 386. The van der Waals surface area contributed by atoms with Crippen LogP contribution in [0.2, 0.25) is 0 Å². The molecule has 0 aliphatic heterocycles. The third-order valence-electron chi connectivity index (χ3n) is 4.42. The van der Waals surface area contributed by atoms with Crippen molar-refractivity contribution < 1.29 is 0 Å². The van der Waals surface area contributed by atoms with Crippen molar-refractivity contribution in [3.05, 3.63) is 17.5 Å². The third-order valence-corrected chi connectivity index (χ3v) is 4.42. The number of nitrogens with zero attached hydrogens (tertiary/aromatic N) is 1. The second kappa shape index (κ2) is 7.28. The van der Waals surface area contributed by atoms with E-state index >= 15 is 0 Å². The van der Waals surface area contributed by atoms with Gasteiger partial charge in [0.05, 0.1) is 6.20 Å². The van der Waals surface area contributed by atoms with E-state index in [1.807, 2.05) is 0 Å². The molecule has 1 heterocycles. The van der Waals surface area contributed by atoms with Crippen LogP contribution in [0.1, 0.15) is 97.7 Å². The number of H-pyrrole nitrogens is 1. The minimum absolute atomic E-state index is 0.143. The van der Waals surface area contributed by atoms with Crippen molar-refractivity contribution >= 4 is 0 Å². The van der Waals surface area contributed by atoms with Crippen LogP contribution in [0.15, 0.2) is 6.20 Å². The molecule has 1 aromatic rings. The molecule has 0 aliphatic rings. The van der Waals surface area contributed by atoms with Gasteiger partial charge in [-0.15, -0.1) is 0 Å². The summed E-state index contributed by atoms with van der Waals surface area (Å²) in [5.41, 5.74) is 3.19. The maximum Gasteiger partial charge on any atom is 0.0527 e. The smallest absolute Gasteiger partial charge is 0.0527 e. The lowest BCUT2D eigenvalue weighted by molar-refractivity contribution is 0.368. The van der Waals surface area contributed by atoms with Crippen molar-refractivity contribution in [3.8, 4) is 0 Å². The van der Waals surface area contributed by atoms with E-state index in [9.17, 15) is 0 Å². The SMILES string of the molecule is CCCCCCC(C)(CCC)c1cn[nH]c1C(C)(C)C. The minimum atomic E-state index is 0.143. The molecule has 0 bridgehead atoms. The van der Waals surface area contributed by atoms with E-state index in [1.165, 1.54) is 56.2 Å². The Kier molecular flexibility index (Phi) is 6.29. The van der Waals surface area contributed by atoms with Crippen LogP contribution in [0, 0.1) is 0 Å². The Morgan fingerprint density at radius 2 is 1.65 bits per heavy atom. The number of rotatable bonds is 8. The number of aromatic amines is 1. The monoisotopic (exact) mass is 278 g/mol. The first-order valence-corrected chi connectivity index (χ1v) is 8.39. The van der Waals surface area contributed by atoms with Crippen molar-refractivity contribution in [2.75, 3.05) is 0 Å². The van der Waals surface area contributed by atoms with E-state index in [1.54, 1.807) is 0 Å². The Morgan fingerprint density at radius 1 is 0.950 bits per heavy atom. The number of hydrogen-bond acceptors (Lipinski definition) is 1. The molecule has 1 N–H and O–H groups in total. The fourth-order valence-corrected chi connectivity index (χ4v) is 3.20. The van der Waals surface area contributed by atoms with Crippen LogP contribution in [0.25, 0.3) is 0 Å². The zero-order valence-corrected chi connectivity index (χ0v) is 14.5. The molecule has 116 valence electrons. The molecule has 0 aromatic carbocycles. The lowest BCUT2D eigenvalue weighted by atomic mass is 9.72. The first kappa shape index (κ1) is 17.3. The lowest BCUT2D eigenvalue weighted by Gasteiger charge is -2.32. The number of aromatic nitrogens is 2. The van der Waals surface area contributed by atoms with Crippen molar-refractivity contribution in [1.29, 1.82) is 0 Å². The van der Waals surface area contributed by atoms with Gasteiger partial charge in [0.1, 0.15) is 0 Å². The molecule has 1 aromatic heterocycles. The molecule has 1 unspecified atom stereocenters. The average molecular weight is 278 g/mol. The van der Waals surface area contributed by atoms with Gasteiger partial charge in [0, 0.05) is 11.1 Å². The number of hydrogen-bond donors (Lipinski definition) is 1. The highest BCUT2D eigenvalue weighted by Gasteiger charge is 2.32. The molecule has 1 atom stereocenters. The largest absolute Gasteiger partial charge is 0.282 e. The van der Waals surface area contributed by atoms with Gasteiger partial charge in [-0.2, -0.15) is 5.10 Å². The van der Waals surface area contributed by atoms with Gasteiger partial charge in [-0.05, 0) is 23.8 Å². The van der Waals surface area contributed by atoms with Crippen LogP contribution in [0.4, 0.5) is 0 Å². The van der Waals surface area contributed by atoms with E-state index < -0.39 is 0 Å². The highest BCUT2D eigenvalue weighted by molar-refractivity contribution is 5.31. The van der Waals surface area contributed by atoms with Gasteiger partial charge < -0.3 is 0 Å². The van der Waals surface area contributed by atoms with Crippen LogP contribution < -0.4 is 0 Å². The molecular formula is C18H34N2. The van der Waals surface area contributed by atoms with Gasteiger partial charge >= 0.3 is 0 Å². The highest BCUT2D eigenvalue weighted by atomic mass is 15.1. The molecule has 20 heavy (non-hydrogen) atoms. The predicted octanol–water partition coefficient (Wildman–Crippen LogP) is 5.74. The summed E-state index contributed by atoms with van der Waals surface area (Å²) in [6.07, 6.45) is 11.2. The maximum atomic E-state index is 4.36. The molecule has 0 amide bonds. The second-order valence-electron chi connectivity index (χ2n) is 7.53. The summed E-state index contributed by atoms with van der Waals surface area (Å²) in [6.45, 7) is 13.8. The molecule has 0 saturated heterocycles. The summed E-state index contributed by atoms with van der Waals surface area (Å²) >= 11 is 0. The van der Waals surface area contributed by atoms with E-state index in [2.05, 4.69) is 57.9 Å². The van der Waals surface area contributed by atoms with Gasteiger partial charge in [0.15, 0.2) is 0 Å². The Balaban J connectivity index is 2.92. The summed E-state index contributed by atoms with van der Waals surface area (Å²) in [7, 11) is 0. The predicted molar refractivity (Wildman–Crippen MR) is 88.3 cm³/mol. The van der Waals surface area contributed by atoms with E-state index in [-0.39, 0.29) is 10.8 Å². The maximum absolute atomic E-state index is 4.36. The van der Waals surface area contributed by atoms with E-state index in [0.29, 0.717) is 0 Å². The third kappa shape index (κ3) is 4.36.